The Labute approximate surface area is 102 Å². The number of carbonyl (C=O) groups is 1. The van der Waals surface area contributed by atoms with Gasteiger partial charge in [0.1, 0.15) is 0 Å². The van der Waals surface area contributed by atoms with Gasteiger partial charge in [-0.3, -0.25) is 9.89 Å². The lowest BCUT2D eigenvalue weighted by atomic mass is 9.81. The minimum Gasteiger partial charge on any atom is -0.349 e. The standard InChI is InChI=1S/C13H21N3O/c1-9(10-7-14-15-8-10)16-12(17)11-5-4-6-13(11,2)3/h7-9,11H,4-6H2,1-3H3,(H,14,15)(H,16,17). The maximum Gasteiger partial charge on any atom is 0.224 e. The Morgan fingerprint density at radius 3 is 2.94 bits per heavy atom. The second kappa shape index (κ2) is 4.51. The molecule has 94 valence electrons. The molecule has 0 bridgehead atoms. The number of nitrogens with zero attached hydrogens (tertiary/aromatic N) is 1. The van der Waals surface area contributed by atoms with Gasteiger partial charge >= 0.3 is 0 Å². The van der Waals surface area contributed by atoms with Crippen molar-refractivity contribution in [3.8, 4) is 0 Å². The van der Waals surface area contributed by atoms with Crippen LogP contribution in [-0.2, 0) is 4.79 Å². The first-order valence-corrected chi connectivity index (χ1v) is 6.30. The highest BCUT2D eigenvalue weighted by Gasteiger charge is 2.39. The maximum absolute atomic E-state index is 12.2. The minimum absolute atomic E-state index is 0.0256. The van der Waals surface area contributed by atoms with Crippen molar-refractivity contribution in [1.82, 2.24) is 15.5 Å². The van der Waals surface area contributed by atoms with Gasteiger partial charge in [0.15, 0.2) is 0 Å². The molecule has 0 radical (unpaired) electrons. The average Bonchev–Trinajstić information content (AvgIpc) is 2.85. The van der Waals surface area contributed by atoms with Gasteiger partial charge in [-0.25, -0.2) is 0 Å². The lowest BCUT2D eigenvalue weighted by molar-refractivity contribution is -0.128. The summed E-state index contributed by atoms with van der Waals surface area (Å²) in [4.78, 5) is 12.2. The molecule has 2 unspecified atom stereocenters. The van der Waals surface area contributed by atoms with Gasteiger partial charge in [-0.2, -0.15) is 5.10 Å². The van der Waals surface area contributed by atoms with Crippen molar-refractivity contribution in [2.24, 2.45) is 11.3 Å². The summed E-state index contributed by atoms with van der Waals surface area (Å²) in [5.74, 6) is 0.332. The number of H-pyrrole nitrogens is 1. The predicted molar refractivity (Wildman–Crippen MR) is 66.3 cm³/mol. The molecule has 1 aliphatic rings. The van der Waals surface area contributed by atoms with E-state index in [-0.39, 0.29) is 23.3 Å². The van der Waals surface area contributed by atoms with E-state index in [1.54, 1.807) is 6.20 Å². The van der Waals surface area contributed by atoms with Crippen molar-refractivity contribution < 1.29 is 4.79 Å². The molecule has 1 aromatic heterocycles. The third-order valence-corrected chi connectivity index (χ3v) is 3.95. The number of hydrogen-bond acceptors (Lipinski definition) is 2. The Morgan fingerprint density at radius 2 is 2.41 bits per heavy atom. The number of aromatic nitrogens is 2. The summed E-state index contributed by atoms with van der Waals surface area (Å²) in [5.41, 5.74) is 1.16. The topological polar surface area (TPSA) is 57.8 Å². The van der Waals surface area contributed by atoms with E-state index in [0.717, 1.165) is 24.8 Å². The van der Waals surface area contributed by atoms with Gasteiger partial charge in [-0.1, -0.05) is 20.3 Å². The van der Waals surface area contributed by atoms with Crippen LogP contribution in [0.25, 0.3) is 0 Å². The number of nitrogens with one attached hydrogen (secondary N) is 2. The van der Waals surface area contributed by atoms with Crippen LogP contribution in [0.15, 0.2) is 12.4 Å². The molecule has 2 N–H and O–H groups in total. The van der Waals surface area contributed by atoms with Crippen LogP contribution < -0.4 is 5.32 Å². The Hall–Kier alpha value is -1.32. The average molecular weight is 235 g/mol. The van der Waals surface area contributed by atoms with Crippen molar-refractivity contribution in [3.63, 3.8) is 0 Å². The largest absolute Gasteiger partial charge is 0.349 e. The number of carbonyl (C=O) groups excluding carboxylic acids is 1. The summed E-state index contributed by atoms with van der Waals surface area (Å²) in [6.45, 7) is 6.37. The number of amides is 1. The molecule has 17 heavy (non-hydrogen) atoms. The number of hydrogen-bond donors (Lipinski definition) is 2. The normalized spacial score (nSPS) is 24.5. The molecule has 2 atom stereocenters. The van der Waals surface area contributed by atoms with Crippen molar-refractivity contribution in [3.05, 3.63) is 18.0 Å². The summed E-state index contributed by atoms with van der Waals surface area (Å²) >= 11 is 0. The fourth-order valence-corrected chi connectivity index (χ4v) is 2.71. The Bertz CT molecular complexity index is 383. The smallest absolute Gasteiger partial charge is 0.224 e. The molecule has 4 heteroatoms. The third-order valence-electron chi connectivity index (χ3n) is 3.95. The van der Waals surface area contributed by atoms with Crippen LogP contribution in [0.5, 0.6) is 0 Å². The van der Waals surface area contributed by atoms with Crippen molar-refractivity contribution in [2.45, 2.75) is 46.1 Å². The van der Waals surface area contributed by atoms with Crippen molar-refractivity contribution in [2.75, 3.05) is 0 Å². The van der Waals surface area contributed by atoms with Crippen LogP contribution in [0.1, 0.15) is 51.6 Å². The zero-order chi connectivity index (χ0) is 12.5. The molecular formula is C13H21N3O. The summed E-state index contributed by atoms with van der Waals surface area (Å²) in [5, 5.41) is 9.75. The van der Waals surface area contributed by atoms with Gasteiger partial charge in [0, 0.05) is 17.7 Å². The van der Waals surface area contributed by atoms with Crippen LogP contribution in [0, 0.1) is 11.3 Å². The second-order valence-electron chi connectivity index (χ2n) is 5.70. The SMILES string of the molecule is CC(NC(=O)C1CCCC1(C)C)c1cn[nH]c1. The number of rotatable bonds is 3. The first kappa shape index (κ1) is 12.1. The summed E-state index contributed by atoms with van der Waals surface area (Å²) in [6.07, 6.45) is 6.89. The van der Waals surface area contributed by atoms with Crippen LogP contribution >= 0.6 is 0 Å². The van der Waals surface area contributed by atoms with E-state index in [4.69, 9.17) is 0 Å². The van der Waals surface area contributed by atoms with Gasteiger partial charge in [0.05, 0.1) is 12.2 Å². The van der Waals surface area contributed by atoms with E-state index >= 15 is 0 Å². The minimum atomic E-state index is 0.0256. The van der Waals surface area contributed by atoms with Gasteiger partial charge in [0.25, 0.3) is 0 Å². The molecule has 1 fully saturated rings. The molecule has 4 nitrogen and oxygen atoms in total. The Balaban J connectivity index is 1.98. The first-order chi connectivity index (χ1) is 8.00. The first-order valence-electron chi connectivity index (χ1n) is 6.30. The summed E-state index contributed by atoms with van der Waals surface area (Å²) < 4.78 is 0. The zero-order valence-electron chi connectivity index (χ0n) is 10.8. The highest BCUT2D eigenvalue weighted by Crippen LogP contribution is 2.42. The van der Waals surface area contributed by atoms with Crippen LogP contribution in [0.2, 0.25) is 0 Å². The van der Waals surface area contributed by atoms with Crippen molar-refractivity contribution >= 4 is 5.91 Å². The molecule has 0 aromatic carbocycles. The molecule has 0 saturated heterocycles. The Morgan fingerprint density at radius 1 is 1.65 bits per heavy atom. The second-order valence-corrected chi connectivity index (χ2v) is 5.70. The Kier molecular flexibility index (Phi) is 3.22. The maximum atomic E-state index is 12.2. The molecule has 0 spiro atoms. The molecule has 1 aliphatic carbocycles. The zero-order valence-corrected chi connectivity index (χ0v) is 10.8. The van der Waals surface area contributed by atoms with Gasteiger partial charge in [0.2, 0.25) is 5.91 Å². The highest BCUT2D eigenvalue weighted by molar-refractivity contribution is 5.80. The molecule has 1 amide bonds. The third kappa shape index (κ3) is 2.51. The quantitative estimate of drug-likeness (QED) is 0.845. The fraction of sp³-hybridized carbons (Fsp3) is 0.692. The highest BCUT2D eigenvalue weighted by atomic mass is 16.2. The number of aromatic amines is 1. The molecular weight excluding hydrogens is 214 g/mol. The van der Waals surface area contributed by atoms with Gasteiger partial charge < -0.3 is 5.32 Å². The van der Waals surface area contributed by atoms with Crippen LogP contribution in [-0.4, -0.2) is 16.1 Å². The fourth-order valence-electron chi connectivity index (χ4n) is 2.71. The van der Waals surface area contributed by atoms with E-state index < -0.39 is 0 Å². The van der Waals surface area contributed by atoms with E-state index in [1.165, 1.54) is 0 Å². The molecule has 1 heterocycles. The molecule has 1 aromatic rings. The molecule has 0 aliphatic heterocycles. The molecule has 1 saturated carbocycles. The van der Waals surface area contributed by atoms with Crippen LogP contribution in [0.4, 0.5) is 0 Å². The monoisotopic (exact) mass is 235 g/mol. The lowest BCUT2D eigenvalue weighted by Crippen LogP contribution is -2.37. The summed E-state index contributed by atoms with van der Waals surface area (Å²) in [6, 6.07) is 0.0256. The summed E-state index contributed by atoms with van der Waals surface area (Å²) in [7, 11) is 0. The van der Waals surface area contributed by atoms with E-state index in [0.29, 0.717) is 0 Å². The van der Waals surface area contributed by atoms with E-state index in [2.05, 4.69) is 29.4 Å². The molecule has 2 rings (SSSR count). The van der Waals surface area contributed by atoms with E-state index in [1.807, 2.05) is 13.1 Å². The van der Waals surface area contributed by atoms with Crippen molar-refractivity contribution in [1.29, 1.82) is 0 Å². The van der Waals surface area contributed by atoms with Gasteiger partial charge in [-0.15, -0.1) is 0 Å². The van der Waals surface area contributed by atoms with Crippen LogP contribution in [0.3, 0.4) is 0 Å². The lowest BCUT2D eigenvalue weighted by Gasteiger charge is -2.27. The van der Waals surface area contributed by atoms with E-state index in [9.17, 15) is 4.79 Å². The predicted octanol–water partition coefficient (Wildman–Crippen LogP) is 2.41. The van der Waals surface area contributed by atoms with Gasteiger partial charge in [-0.05, 0) is 25.2 Å².